The largest absolute Gasteiger partial charge is 0.309 e. The van der Waals surface area contributed by atoms with E-state index in [0.29, 0.717) is 17.3 Å². The summed E-state index contributed by atoms with van der Waals surface area (Å²) in [6, 6.07) is 15.6. The molecule has 4 rings (SSSR count). The second-order valence-electron chi connectivity index (χ2n) is 5.73. The molecule has 0 spiro atoms. The fourth-order valence-electron chi connectivity index (χ4n) is 3.10. The zero-order chi connectivity index (χ0) is 16.7. The van der Waals surface area contributed by atoms with E-state index in [2.05, 4.69) is 31.4 Å². The molecular weight excluding hydrogens is 390 g/mol. The van der Waals surface area contributed by atoms with Gasteiger partial charge in [-0.25, -0.2) is 0 Å². The monoisotopic (exact) mass is 401 g/mol. The van der Waals surface area contributed by atoms with Crippen molar-refractivity contribution in [2.24, 2.45) is 0 Å². The van der Waals surface area contributed by atoms with Crippen molar-refractivity contribution in [3.05, 3.63) is 69.2 Å². The third-order valence-corrected chi connectivity index (χ3v) is 4.93. The van der Waals surface area contributed by atoms with Crippen LogP contribution in [0.15, 0.2) is 53.0 Å². The van der Waals surface area contributed by atoms with E-state index < -0.39 is 0 Å². The summed E-state index contributed by atoms with van der Waals surface area (Å²) in [5.41, 5.74) is 3.99. The molecule has 3 aromatic rings. The van der Waals surface area contributed by atoms with Crippen LogP contribution in [0.4, 0.5) is 5.82 Å². The molecule has 24 heavy (non-hydrogen) atoms. The van der Waals surface area contributed by atoms with Crippen LogP contribution in [0.25, 0.3) is 11.3 Å². The number of anilines is 1. The Hall–Kier alpha value is -2.11. The first-order valence-corrected chi connectivity index (χ1v) is 8.68. The van der Waals surface area contributed by atoms with E-state index in [4.69, 9.17) is 11.6 Å². The van der Waals surface area contributed by atoms with Gasteiger partial charge in [-0.15, -0.1) is 0 Å². The van der Waals surface area contributed by atoms with Gasteiger partial charge < -0.3 is 5.32 Å². The van der Waals surface area contributed by atoms with Crippen LogP contribution in [0.3, 0.4) is 0 Å². The van der Waals surface area contributed by atoms with E-state index in [0.717, 1.165) is 26.9 Å². The molecule has 1 amide bonds. The molecule has 0 fully saturated rings. The van der Waals surface area contributed by atoms with Crippen LogP contribution in [-0.2, 0) is 4.79 Å². The summed E-state index contributed by atoms with van der Waals surface area (Å²) in [7, 11) is 0. The zero-order valence-corrected chi connectivity index (χ0v) is 14.9. The predicted molar refractivity (Wildman–Crippen MR) is 98.3 cm³/mol. The molecule has 2 heterocycles. The Bertz CT molecular complexity index is 920. The van der Waals surface area contributed by atoms with Gasteiger partial charge in [0, 0.05) is 33.0 Å². The van der Waals surface area contributed by atoms with E-state index in [1.807, 2.05) is 48.5 Å². The normalized spacial score (nSPS) is 16.6. The number of aromatic amines is 1. The number of nitrogens with one attached hydrogen (secondary N) is 2. The topological polar surface area (TPSA) is 57.8 Å². The van der Waals surface area contributed by atoms with Gasteiger partial charge in [0.2, 0.25) is 5.91 Å². The molecule has 0 saturated heterocycles. The van der Waals surface area contributed by atoms with Crippen molar-refractivity contribution in [3.8, 4) is 11.3 Å². The summed E-state index contributed by atoms with van der Waals surface area (Å²) in [6.45, 7) is 0. The first kappa shape index (κ1) is 15.4. The minimum atomic E-state index is -0.0457. The maximum Gasteiger partial charge on any atom is 0.226 e. The number of fused-ring (bicyclic) bond motifs is 1. The molecular formula is C18H13BrClN3O. The molecule has 120 valence electrons. The van der Waals surface area contributed by atoms with Crippen molar-refractivity contribution in [2.75, 3.05) is 5.32 Å². The highest BCUT2D eigenvalue weighted by molar-refractivity contribution is 9.10. The molecule has 0 aliphatic carbocycles. The average molecular weight is 403 g/mol. The Balaban J connectivity index is 1.87. The van der Waals surface area contributed by atoms with Crippen molar-refractivity contribution in [1.82, 2.24) is 10.2 Å². The summed E-state index contributed by atoms with van der Waals surface area (Å²) < 4.78 is 0.990. The van der Waals surface area contributed by atoms with Gasteiger partial charge in [-0.2, -0.15) is 5.10 Å². The van der Waals surface area contributed by atoms with E-state index in [-0.39, 0.29) is 11.8 Å². The van der Waals surface area contributed by atoms with Crippen LogP contribution in [0.2, 0.25) is 5.02 Å². The number of benzene rings is 2. The number of halogens is 2. The third-order valence-electron chi connectivity index (χ3n) is 4.18. The standard InChI is InChI=1S/C18H13BrClN3O/c19-12-3-1-2-11(8-12)14-9-15(24)21-18-16(14)17(22-23-18)10-4-6-13(20)7-5-10/h1-8,14H,9H2,(H2,21,22,23,24)/t14-/m0/s1. The van der Waals surface area contributed by atoms with Crippen molar-refractivity contribution < 1.29 is 4.79 Å². The number of aromatic nitrogens is 2. The number of hydrogen-bond donors (Lipinski definition) is 2. The van der Waals surface area contributed by atoms with Gasteiger partial charge in [-0.3, -0.25) is 9.89 Å². The molecule has 4 nitrogen and oxygen atoms in total. The van der Waals surface area contributed by atoms with Crippen LogP contribution in [-0.4, -0.2) is 16.1 Å². The number of hydrogen-bond acceptors (Lipinski definition) is 2. The van der Waals surface area contributed by atoms with Gasteiger partial charge in [-0.05, 0) is 29.8 Å². The molecule has 1 atom stereocenters. The second kappa shape index (κ2) is 6.07. The number of carbonyl (C=O) groups excluding carboxylic acids is 1. The lowest BCUT2D eigenvalue weighted by Gasteiger charge is -2.23. The molecule has 1 aliphatic heterocycles. The summed E-state index contributed by atoms with van der Waals surface area (Å²) in [5, 5.41) is 10.9. The number of nitrogens with zero attached hydrogens (tertiary/aromatic N) is 1. The minimum absolute atomic E-state index is 0.0263. The molecule has 6 heteroatoms. The van der Waals surface area contributed by atoms with Crippen molar-refractivity contribution in [2.45, 2.75) is 12.3 Å². The Morgan fingerprint density at radius 1 is 1.17 bits per heavy atom. The SMILES string of the molecule is O=C1C[C@@H](c2cccc(Br)c2)c2c(n[nH]c2-c2ccc(Cl)cc2)N1. The van der Waals surface area contributed by atoms with E-state index in [9.17, 15) is 4.79 Å². The highest BCUT2D eigenvalue weighted by Gasteiger charge is 2.32. The number of rotatable bonds is 2. The van der Waals surface area contributed by atoms with Gasteiger partial charge in [0.25, 0.3) is 0 Å². The van der Waals surface area contributed by atoms with Gasteiger partial charge >= 0.3 is 0 Å². The average Bonchev–Trinajstić information content (AvgIpc) is 2.98. The van der Waals surface area contributed by atoms with Crippen LogP contribution >= 0.6 is 27.5 Å². The predicted octanol–water partition coefficient (Wildman–Crippen LogP) is 4.97. The second-order valence-corrected chi connectivity index (χ2v) is 7.08. The first-order chi connectivity index (χ1) is 11.6. The molecule has 1 aliphatic rings. The quantitative estimate of drug-likeness (QED) is 0.636. The summed E-state index contributed by atoms with van der Waals surface area (Å²) in [6.07, 6.45) is 0.392. The lowest BCUT2D eigenvalue weighted by atomic mass is 9.84. The summed E-state index contributed by atoms with van der Waals surface area (Å²) in [4.78, 5) is 12.1. The highest BCUT2D eigenvalue weighted by atomic mass is 79.9. The van der Waals surface area contributed by atoms with Crippen LogP contribution in [0.5, 0.6) is 0 Å². The van der Waals surface area contributed by atoms with Crippen LogP contribution in [0, 0.1) is 0 Å². The smallest absolute Gasteiger partial charge is 0.226 e. The summed E-state index contributed by atoms with van der Waals surface area (Å²) in [5.74, 6) is 0.526. The van der Waals surface area contributed by atoms with E-state index in [1.165, 1.54) is 0 Å². The molecule has 0 radical (unpaired) electrons. The first-order valence-electron chi connectivity index (χ1n) is 7.51. The van der Waals surface area contributed by atoms with E-state index in [1.54, 1.807) is 0 Å². The van der Waals surface area contributed by atoms with E-state index >= 15 is 0 Å². The maximum atomic E-state index is 12.1. The Labute approximate surface area is 152 Å². The lowest BCUT2D eigenvalue weighted by molar-refractivity contribution is -0.116. The molecule has 0 bridgehead atoms. The highest BCUT2D eigenvalue weighted by Crippen LogP contribution is 2.42. The Kier molecular flexibility index (Phi) is 3.90. The Morgan fingerprint density at radius 2 is 1.96 bits per heavy atom. The fraction of sp³-hybridized carbons (Fsp3) is 0.111. The van der Waals surface area contributed by atoms with Gasteiger partial charge in [0.05, 0.1) is 5.69 Å². The minimum Gasteiger partial charge on any atom is -0.309 e. The van der Waals surface area contributed by atoms with Gasteiger partial charge in [0.1, 0.15) is 0 Å². The number of carbonyl (C=O) groups is 1. The van der Waals surface area contributed by atoms with Crippen molar-refractivity contribution in [3.63, 3.8) is 0 Å². The van der Waals surface area contributed by atoms with Crippen molar-refractivity contribution in [1.29, 1.82) is 0 Å². The number of amides is 1. The molecule has 1 aromatic heterocycles. The van der Waals surface area contributed by atoms with Crippen molar-refractivity contribution >= 4 is 39.3 Å². The molecule has 2 aromatic carbocycles. The molecule has 0 saturated carbocycles. The fourth-order valence-corrected chi connectivity index (χ4v) is 3.64. The summed E-state index contributed by atoms with van der Waals surface area (Å²) >= 11 is 9.50. The van der Waals surface area contributed by atoms with Crippen LogP contribution in [0.1, 0.15) is 23.5 Å². The number of H-pyrrole nitrogens is 1. The molecule has 2 N–H and O–H groups in total. The molecule has 0 unspecified atom stereocenters. The Morgan fingerprint density at radius 3 is 2.71 bits per heavy atom. The van der Waals surface area contributed by atoms with Gasteiger partial charge in [0.15, 0.2) is 5.82 Å². The van der Waals surface area contributed by atoms with Crippen LogP contribution < -0.4 is 5.32 Å². The maximum absolute atomic E-state index is 12.1. The third kappa shape index (κ3) is 2.74. The zero-order valence-electron chi connectivity index (χ0n) is 12.5. The lowest BCUT2D eigenvalue weighted by Crippen LogP contribution is -2.23. The van der Waals surface area contributed by atoms with Gasteiger partial charge in [-0.1, -0.05) is 51.8 Å².